The van der Waals surface area contributed by atoms with Crippen LogP contribution in [0.1, 0.15) is 25.2 Å². The molecule has 0 unspecified atom stereocenters. The van der Waals surface area contributed by atoms with Crippen LogP contribution in [0.3, 0.4) is 0 Å². The van der Waals surface area contributed by atoms with Gasteiger partial charge in [0.15, 0.2) is 0 Å². The number of hydrogen-bond acceptors (Lipinski definition) is 3. The van der Waals surface area contributed by atoms with Crippen molar-refractivity contribution in [2.24, 2.45) is 0 Å². The lowest BCUT2D eigenvalue weighted by Crippen LogP contribution is -2.24. The van der Waals surface area contributed by atoms with Crippen LogP contribution in [0.15, 0.2) is 47.1 Å². The van der Waals surface area contributed by atoms with E-state index in [1.807, 2.05) is 12.1 Å². The molecule has 3 heteroatoms. The van der Waals surface area contributed by atoms with Gasteiger partial charge in [0, 0.05) is 25.3 Å². The Kier molecular flexibility index (Phi) is 4.63. The van der Waals surface area contributed by atoms with E-state index in [4.69, 9.17) is 4.42 Å². The summed E-state index contributed by atoms with van der Waals surface area (Å²) in [5, 5.41) is 3.47. The molecule has 1 heterocycles. The number of anilines is 1. The lowest BCUT2D eigenvalue weighted by atomic mass is 10.1. The summed E-state index contributed by atoms with van der Waals surface area (Å²) in [6.07, 6.45) is 1.72. The van der Waals surface area contributed by atoms with Crippen molar-refractivity contribution < 1.29 is 4.42 Å². The quantitative estimate of drug-likeness (QED) is 0.860. The van der Waals surface area contributed by atoms with Gasteiger partial charge >= 0.3 is 0 Å². The first-order valence-corrected chi connectivity index (χ1v) is 6.71. The number of nitrogens with zero attached hydrogens (tertiary/aromatic N) is 1. The molecule has 19 heavy (non-hydrogen) atoms. The summed E-state index contributed by atoms with van der Waals surface area (Å²) in [4.78, 5) is 2.22. The van der Waals surface area contributed by atoms with E-state index in [2.05, 4.69) is 55.4 Å². The maximum atomic E-state index is 5.41. The van der Waals surface area contributed by atoms with E-state index < -0.39 is 0 Å². The molecule has 0 amide bonds. The molecule has 1 aromatic carbocycles. The Balaban J connectivity index is 2.09. The van der Waals surface area contributed by atoms with Crippen molar-refractivity contribution in [2.45, 2.75) is 33.0 Å². The third kappa shape index (κ3) is 3.86. The first kappa shape index (κ1) is 13.7. The van der Waals surface area contributed by atoms with Gasteiger partial charge in [0.2, 0.25) is 0 Å². The van der Waals surface area contributed by atoms with Gasteiger partial charge in [-0.1, -0.05) is 32.0 Å². The van der Waals surface area contributed by atoms with Crippen LogP contribution in [0, 0.1) is 0 Å². The average Bonchev–Trinajstić information content (AvgIpc) is 2.89. The number of furan rings is 1. The Hall–Kier alpha value is -1.74. The van der Waals surface area contributed by atoms with Crippen molar-refractivity contribution in [3.63, 3.8) is 0 Å². The zero-order valence-corrected chi connectivity index (χ0v) is 11.9. The van der Waals surface area contributed by atoms with Crippen LogP contribution in [0.25, 0.3) is 0 Å². The van der Waals surface area contributed by atoms with Crippen molar-refractivity contribution in [1.29, 1.82) is 0 Å². The molecular formula is C16H22N2O. The van der Waals surface area contributed by atoms with Crippen LogP contribution < -0.4 is 10.2 Å². The second-order valence-corrected chi connectivity index (χ2v) is 5.10. The van der Waals surface area contributed by atoms with Crippen molar-refractivity contribution in [1.82, 2.24) is 5.32 Å². The lowest BCUT2D eigenvalue weighted by Gasteiger charge is -2.22. The molecule has 0 atom stereocenters. The highest BCUT2D eigenvalue weighted by Crippen LogP contribution is 2.21. The number of rotatable bonds is 6. The van der Waals surface area contributed by atoms with Crippen molar-refractivity contribution in [2.75, 3.05) is 11.9 Å². The van der Waals surface area contributed by atoms with Crippen molar-refractivity contribution in [3.8, 4) is 0 Å². The fraction of sp³-hybridized carbons (Fsp3) is 0.375. The van der Waals surface area contributed by atoms with Gasteiger partial charge in [-0.05, 0) is 23.8 Å². The van der Waals surface area contributed by atoms with Crippen molar-refractivity contribution >= 4 is 5.69 Å². The number of para-hydroxylation sites is 1. The molecule has 102 valence electrons. The fourth-order valence-electron chi connectivity index (χ4n) is 2.07. The summed E-state index contributed by atoms with van der Waals surface area (Å²) in [5.74, 6) is 0.981. The minimum atomic E-state index is 0.489. The first-order valence-electron chi connectivity index (χ1n) is 6.71. The van der Waals surface area contributed by atoms with E-state index in [9.17, 15) is 0 Å². The predicted molar refractivity (Wildman–Crippen MR) is 79.2 cm³/mol. The molecular weight excluding hydrogens is 236 g/mol. The van der Waals surface area contributed by atoms with E-state index in [0.29, 0.717) is 6.04 Å². The lowest BCUT2D eigenvalue weighted by molar-refractivity contribution is 0.507. The van der Waals surface area contributed by atoms with Gasteiger partial charge in [0.25, 0.3) is 0 Å². The molecule has 3 nitrogen and oxygen atoms in total. The van der Waals surface area contributed by atoms with Crippen molar-refractivity contribution in [3.05, 3.63) is 54.0 Å². The summed E-state index contributed by atoms with van der Waals surface area (Å²) in [6.45, 7) is 5.99. The number of hydrogen-bond donors (Lipinski definition) is 1. The second-order valence-electron chi connectivity index (χ2n) is 5.10. The van der Waals surface area contributed by atoms with Gasteiger partial charge in [-0.2, -0.15) is 0 Å². The Morgan fingerprint density at radius 3 is 2.63 bits per heavy atom. The van der Waals surface area contributed by atoms with E-state index in [-0.39, 0.29) is 0 Å². The number of benzene rings is 1. The molecule has 0 spiro atoms. The Bertz CT molecular complexity index is 491. The van der Waals surface area contributed by atoms with E-state index in [1.165, 1.54) is 11.3 Å². The van der Waals surface area contributed by atoms with Crippen LogP contribution in [0.2, 0.25) is 0 Å². The smallest absolute Gasteiger partial charge is 0.123 e. The van der Waals surface area contributed by atoms with E-state index in [1.54, 1.807) is 6.26 Å². The first-order chi connectivity index (χ1) is 9.16. The normalized spacial score (nSPS) is 10.9. The highest BCUT2D eigenvalue weighted by molar-refractivity contribution is 5.53. The average molecular weight is 258 g/mol. The molecule has 0 saturated heterocycles. The second kappa shape index (κ2) is 6.43. The standard InChI is InChI=1S/C16H22N2O/c1-13(2)17-11-14-7-4-5-9-16(14)18(3)12-15-8-6-10-19-15/h4-10,13,17H,11-12H2,1-3H3. The van der Waals surface area contributed by atoms with Crippen LogP contribution in [-0.2, 0) is 13.1 Å². The van der Waals surface area contributed by atoms with E-state index >= 15 is 0 Å². The Morgan fingerprint density at radius 1 is 1.16 bits per heavy atom. The van der Waals surface area contributed by atoms with Crippen LogP contribution >= 0.6 is 0 Å². The molecule has 0 bridgehead atoms. The summed E-state index contributed by atoms with van der Waals surface area (Å²) in [7, 11) is 2.09. The Morgan fingerprint density at radius 2 is 1.95 bits per heavy atom. The topological polar surface area (TPSA) is 28.4 Å². The minimum Gasteiger partial charge on any atom is -0.467 e. The number of nitrogens with one attached hydrogen (secondary N) is 1. The zero-order chi connectivity index (χ0) is 13.7. The Labute approximate surface area is 115 Å². The maximum Gasteiger partial charge on any atom is 0.123 e. The molecule has 1 aromatic heterocycles. The molecule has 0 aliphatic carbocycles. The molecule has 0 fully saturated rings. The summed E-state index contributed by atoms with van der Waals surface area (Å²) in [5.41, 5.74) is 2.55. The maximum absolute atomic E-state index is 5.41. The van der Waals surface area contributed by atoms with Gasteiger partial charge in [-0.3, -0.25) is 0 Å². The van der Waals surface area contributed by atoms with Gasteiger partial charge in [0.1, 0.15) is 5.76 Å². The van der Waals surface area contributed by atoms with E-state index in [0.717, 1.165) is 18.8 Å². The SMILES string of the molecule is CC(C)NCc1ccccc1N(C)Cc1ccco1. The molecule has 0 aliphatic rings. The highest BCUT2D eigenvalue weighted by Gasteiger charge is 2.08. The molecule has 1 N–H and O–H groups in total. The van der Waals surface area contributed by atoms with Crippen LogP contribution in [-0.4, -0.2) is 13.1 Å². The summed E-state index contributed by atoms with van der Waals surface area (Å²) in [6, 6.07) is 12.9. The monoisotopic (exact) mass is 258 g/mol. The largest absolute Gasteiger partial charge is 0.467 e. The molecule has 2 rings (SSSR count). The molecule has 2 aromatic rings. The highest BCUT2D eigenvalue weighted by atomic mass is 16.3. The summed E-state index contributed by atoms with van der Waals surface area (Å²) >= 11 is 0. The molecule has 0 saturated carbocycles. The zero-order valence-electron chi connectivity index (χ0n) is 11.9. The van der Waals surface area contributed by atoms with Crippen LogP contribution in [0.4, 0.5) is 5.69 Å². The minimum absolute atomic E-state index is 0.489. The van der Waals surface area contributed by atoms with Gasteiger partial charge in [-0.15, -0.1) is 0 Å². The molecule has 0 aliphatic heterocycles. The van der Waals surface area contributed by atoms with Gasteiger partial charge in [-0.25, -0.2) is 0 Å². The van der Waals surface area contributed by atoms with Gasteiger partial charge in [0.05, 0.1) is 12.8 Å². The van der Waals surface area contributed by atoms with Crippen LogP contribution in [0.5, 0.6) is 0 Å². The predicted octanol–water partition coefficient (Wildman–Crippen LogP) is 3.41. The summed E-state index contributed by atoms with van der Waals surface area (Å²) < 4.78 is 5.41. The van der Waals surface area contributed by atoms with Gasteiger partial charge < -0.3 is 14.6 Å². The third-order valence-electron chi connectivity index (χ3n) is 3.08. The third-order valence-corrected chi connectivity index (χ3v) is 3.08. The fourth-order valence-corrected chi connectivity index (χ4v) is 2.07. The molecule has 0 radical (unpaired) electrons.